The minimum absolute atomic E-state index is 0.0891. The summed E-state index contributed by atoms with van der Waals surface area (Å²) in [4.78, 5) is 33.7. The molecule has 0 aliphatic heterocycles. The first-order valence-electron chi connectivity index (χ1n) is 14.0. The molecule has 2 N–H and O–H groups in total. The topological polar surface area (TPSA) is 104 Å². The van der Waals surface area contributed by atoms with Crippen LogP contribution < -0.4 is 15.4 Å². The predicted octanol–water partition coefficient (Wildman–Crippen LogP) is 4.85. The molecule has 226 valence electrons. The molecular formula is C33H34FN7O3. The van der Waals surface area contributed by atoms with E-state index in [9.17, 15) is 14.0 Å². The molecule has 0 spiro atoms. The first kappa shape index (κ1) is 30.2. The Hall–Kier alpha value is -5.29. The van der Waals surface area contributed by atoms with Gasteiger partial charge in [0.05, 0.1) is 12.8 Å². The molecule has 10 nitrogen and oxygen atoms in total. The second-order valence-electron chi connectivity index (χ2n) is 10.6. The zero-order valence-corrected chi connectivity index (χ0v) is 25.0. The Morgan fingerprint density at radius 3 is 2.30 bits per heavy atom. The largest absolute Gasteiger partial charge is 0.495 e. The normalized spacial score (nSPS) is 11.0. The molecule has 2 aromatic heterocycles. The molecule has 2 amide bonds. The highest BCUT2D eigenvalue weighted by Crippen LogP contribution is 2.29. The van der Waals surface area contributed by atoms with Gasteiger partial charge in [-0.3, -0.25) is 9.59 Å². The monoisotopic (exact) mass is 595 g/mol. The molecule has 11 heteroatoms. The fourth-order valence-corrected chi connectivity index (χ4v) is 4.53. The van der Waals surface area contributed by atoms with Crippen molar-refractivity contribution >= 4 is 29.1 Å². The number of halogens is 1. The third-order valence-electron chi connectivity index (χ3n) is 7.10. The maximum absolute atomic E-state index is 13.1. The van der Waals surface area contributed by atoms with Gasteiger partial charge in [-0.15, -0.1) is 5.10 Å². The number of amides is 2. The van der Waals surface area contributed by atoms with Gasteiger partial charge in [-0.25, -0.2) is 8.91 Å². The van der Waals surface area contributed by atoms with Crippen molar-refractivity contribution in [3.05, 3.63) is 108 Å². The number of anilines is 2. The Labute approximate surface area is 255 Å². The van der Waals surface area contributed by atoms with Crippen molar-refractivity contribution in [3.8, 4) is 16.9 Å². The standard InChI is InChI=1S/C33H34FN7O3/c1-39(2)17-18-40(3)32(43)25-11-15-28(29(19-25)44-4)36-33-37-30-16-12-26(21-41(30)38-33)23-7-9-24(10-8-23)31(42)35-20-22-5-13-27(34)14-6-22/h5-16,19,21H,17-18,20H2,1-4H3,(H,35,42)(H,36,38). The second-order valence-corrected chi connectivity index (χ2v) is 10.6. The molecule has 0 radical (unpaired) electrons. The Bertz CT molecular complexity index is 1770. The maximum Gasteiger partial charge on any atom is 0.253 e. The number of carbonyl (C=O) groups excluding carboxylic acids is 2. The van der Waals surface area contributed by atoms with Crippen molar-refractivity contribution in [2.45, 2.75) is 6.54 Å². The molecule has 0 bridgehead atoms. The predicted molar refractivity (Wildman–Crippen MR) is 168 cm³/mol. The van der Waals surface area contributed by atoms with Gasteiger partial charge in [0, 0.05) is 49.6 Å². The fourth-order valence-electron chi connectivity index (χ4n) is 4.53. The third-order valence-corrected chi connectivity index (χ3v) is 7.10. The molecule has 5 aromatic rings. The number of aromatic nitrogens is 3. The Morgan fingerprint density at radius 2 is 1.59 bits per heavy atom. The van der Waals surface area contributed by atoms with E-state index in [1.807, 2.05) is 49.5 Å². The highest BCUT2D eigenvalue weighted by atomic mass is 19.1. The summed E-state index contributed by atoms with van der Waals surface area (Å²) in [5.41, 5.74) is 4.93. The van der Waals surface area contributed by atoms with Gasteiger partial charge in [-0.05, 0) is 79.8 Å². The highest BCUT2D eigenvalue weighted by molar-refractivity contribution is 5.95. The SMILES string of the molecule is COc1cc(C(=O)N(C)CCN(C)C)ccc1Nc1nc2ccc(-c3ccc(C(=O)NCc4ccc(F)cc4)cc3)cn2n1. The molecule has 5 rings (SSSR count). The molecule has 2 heterocycles. The lowest BCUT2D eigenvalue weighted by Gasteiger charge is -2.20. The van der Waals surface area contributed by atoms with Crippen molar-refractivity contribution < 1.29 is 18.7 Å². The lowest BCUT2D eigenvalue weighted by Crippen LogP contribution is -2.33. The first-order chi connectivity index (χ1) is 21.2. The average Bonchev–Trinajstić information content (AvgIpc) is 3.44. The van der Waals surface area contributed by atoms with E-state index in [1.54, 1.807) is 66.0 Å². The van der Waals surface area contributed by atoms with Crippen LogP contribution in [0.5, 0.6) is 5.75 Å². The average molecular weight is 596 g/mol. The fraction of sp³-hybridized carbons (Fsp3) is 0.212. The van der Waals surface area contributed by atoms with Gasteiger partial charge in [0.1, 0.15) is 11.6 Å². The maximum atomic E-state index is 13.1. The number of hydrogen-bond donors (Lipinski definition) is 2. The van der Waals surface area contributed by atoms with Crippen LogP contribution in [0.4, 0.5) is 16.0 Å². The van der Waals surface area contributed by atoms with E-state index in [-0.39, 0.29) is 17.6 Å². The summed E-state index contributed by atoms with van der Waals surface area (Å²) in [7, 11) is 7.27. The lowest BCUT2D eigenvalue weighted by atomic mass is 10.1. The second kappa shape index (κ2) is 13.3. The summed E-state index contributed by atoms with van der Waals surface area (Å²) in [6.45, 7) is 1.69. The van der Waals surface area contributed by atoms with Crippen molar-refractivity contribution in [1.29, 1.82) is 0 Å². The number of fused-ring (bicyclic) bond motifs is 1. The molecule has 0 unspecified atom stereocenters. The number of carbonyl (C=O) groups is 2. The van der Waals surface area contributed by atoms with Crippen LogP contribution in [-0.2, 0) is 6.54 Å². The number of methoxy groups -OCH3 is 1. The molecule has 3 aromatic carbocycles. The van der Waals surface area contributed by atoms with E-state index in [4.69, 9.17) is 4.74 Å². The van der Waals surface area contributed by atoms with Crippen molar-refractivity contribution in [3.63, 3.8) is 0 Å². The van der Waals surface area contributed by atoms with E-state index in [0.717, 1.165) is 23.2 Å². The summed E-state index contributed by atoms with van der Waals surface area (Å²) in [6.07, 6.45) is 1.86. The smallest absolute Gasteiger partial charge is 0.253 e. The van der Waals surface area contributed by atoms with Crippen LogP contribution >= 0.6 is 0 Å². The van der Waals surface area contributed by atoms with E-state index in [0.29, 0.717) is 47.2 Å². The summed E-state index contributed by atoms with van der Waals surface area (Å²) >= 11 is 0. The minimum atomic E-state index is -0.314. The quantitative estimate of drug-likeness (QED) is 0.225. The van der Waals surface area contributed by atoms with Crippen LogP contribution in [0.25, 0.3) is 16.8 Å². The zero-order chi connectivity index (χ0) is 31.2. The molecule has 44 heavy (non-hydrogen) atoms. The molecule has 0 fully saturated rings. The molecule has 0 atom stereocenters. The molecule has 0 aliphatic carbocycles. The van der Waals surface area contributed by atoms with E-state index >= 15 is 0 Å². The van der Waals surface area contributed by atoms with Crippen LogP contribution in [0.1, 0.15) is 26.3 Å². The number of likely N-dealkylation sites (N-methyl/N-ethyl adjacent to an activating group) is 2. The minimum Gasteiger partial charge on any atom is -0.495 e. The number of rotatable bonds is 11. The van der Waals surface area contributed by atoms with E-state index < -0.39 is 0 Å². The number of hydrogen-bond acceptors (Lipinski definition) is 7. The first-order valence-corrected chi connectivity index (χ1v) is 14.0. The molecule has 0 saturated heterocycles. The molecular weight excluding hydrogens is 561 g/mol. The van der Waals surface area contributed by atoms with Gasteiger partial charge >= 0.3 is 0 Å². The van der Waals surface area contributed by atoms with Gasteiger partial charge in [0.25, 0.3) is 11.8 Å². The summed E-state index contributed by atoms with van der Waals surface area (Å²) in [5.74, 6) is 0.251. The van der Waals surface area contributed by atoms with Gasteiger partial charge in [-0.2, -0.15) is 4.98 Å². The van der Waals surface area contributed by atoms with Crippen LogP contribution in [0.15, 0.2) is 85.1 Å². The van der Waals surface area contributed by atoms with Crippen molar-refractivity contribution in [1.82, 2.24) is 29.7 Å². The van der Waals surface area contributed by atoms with Crippen molar-refractivity contribution in [2.75, 3.05) is 46.7 Å². The van der Waals surface area contributed by atoms with Crippen LogP contribution in [0.2, 0.25) is 0 Å². The number of nitrogens with one attached hydrogen (secondary N) is 2. The number of pyridine rings is 1. The third kappa shape index (κ3) is 7.19. The molecule has 0 aliphatic rings. The van der Waals surface area contributed by atoms with Crippen LogP contribution in [0, 0.1) is 5.82 Å². The Kier molecular flexibility index (Phi) is 9.15. The van der Waals surface area contributed by atoms with Gasteiger partial charge in [0.2, 0.25) is 5.95 Å². The number of benzene rings is 3. The summed E-state index contributed by atoms with van der Waals surface area (Å²) < 4.78 is 20.3. The van der Waals surface area contributed by atoms with Gasteiger partial charge in [-0.1, -0.05) is 24.3 Å². The van der Waals surface area contributed by atoms with Gasteiger partial charge in [0.15, 0.2) is 5.65 Å². The highest BCUT2D eigenvalue weighted by Gasteiger charge is 2.16. The Morgan fingerprint density at radius 1 is 0.886 bits per heavy atom. The molecule has 0 saturated carbocycles. The van der Waals surface area contributed by atoms with Gasteiger partial charge < -0.3 is 25.2 Å². The van der Waals surface area contributed by atoms with E-state index in [1.165, 1.54) is 12.1 Å². The zero-order valence-electron chi connectivity index (χ0n) is 25.0. The van der Waals surface area contributed by atoms with Crippen LogP contribution in [-0.4, -0.2) is 77.6 Å². The summed E-state index contributed by atoms with van der Waals surface area (Å²) in [6, 6.07) is 22.3. The van der Waals surface area contributed by atoms with Crippen LogP contribution in [0.3, 0.4) is 0 Å². The Balaban J connectivity index is 1.26. The number of ether oxygens (including phenoxy) is 1. The summed E-state index contributed by atoms with van der Waals surface area (Å²) in [5, 5.41) is 10.6. The number of nitrogens with zero attached hydrogens (tertiary/aromatic N) is 5. The van der Waals surface area contributed by atoms with E-state index in [2.05, 4.69) is 20.7 Å². The lowest BCUT2D eigenvalue weighted by molar-refractivity contribution is 0.0785. The van der Waals surface area contributed by atoms with Crippen molar-refractivity contribution in [2.24, 2.45) is 0 Å².